The molecule has 20 heavy (non-hydrogen) atoms. The highest BCUT2D eigenvalue weighted by atomic mass is 35.5. The molecular weight excluding hydrogens is 290 g/mol. The second kappa shape index (κ2) is 6.37. The van der Waals surface area contributed by atoms with Crippen molar-refractivity contribution in [1.82, 2.24) is 9.97 Å². The van der Waals surface area contributed by atoms with Gasteiger partial charge in [0.25, 0.3) is 0 Å². The molecule has 0 spiro atoms. The summed E-state index contributed by atoms with van der Waals surface area (Å²) < 4.78 is 4.46. The summed E-state index contributed by atoms with van der Waals surface area (Å²) in [5, 5.41) is 0.705. The van der Waals surface area contributed by atoms with E-state index in [9.17, 15) is 0 Å². The number of nitrogens with zero attached hydrogens (tertiary/aromatic N) is 3. The summed E-state index contributed by atoms with van der Waals surface area (Å²) in [4.78, 5) is 8.73. The Labute approximate surface area is 128 Å². The van der Waals surface area contributed by atoms with Crippen LogP contribution in [0.25, 0.3) is 11.3 Å². The van der Waals surface area contributed by atoms with Gasteiger partial charge in [-0.3, -0.25) is 9.97 Å². The molecule has 5 heteroatoms. The lowest BCUT2D eigenvalue weighted by atomic mass is 10.1. The van der Waals surface area contributed by atoms with E-state index in [1.165, 1.54) is 11.9 Å². The smallest absolute Gasteiger partial charge is 0.108 e. The van der Waals surface area contributed by atoms with Crippen molar-refractivity contribution in [3.05, 3.63) is 47.4 Å². The van der Waals surface area contributed by atoms with Crippen LogP contribution in [-0.4, -0.2) is 20.9 Å². The minimum atomic E-state index is 0.0825. The van der Waals surface area contributed by atoms with E-state index in [1.807, 2.05) is 24.3 Å². The predicted octanol–water partition coefficient (Wildman–Crippen LogP) is 4.66. The zero-order chi connectivity index (χ0) is 14.6. The van der Waals surface area contributed by atoms with Gasteiger partial charge in [0.1, 0.15) is 5.69 Å². The summed E-state index contributed by atoms with van der Waals surface area (Å²) >= 11 is 7.42. The Bertz CT molecular complexity index is 603. The average molecular weight is 306 g/mol. The van der Waals surface area contributed by atoms with E-state index < -0.39 is 0 Å². The van der Waals surface area contributed by atoms with Gasteiger partial charge in [-0.05, 0) is 44.9 Å². The van der Waals surface area contributed by atoms with Crippen molar-refractivity contribution in [2.24, 2.45) is 4.40 Å². The topological polar surface area (TPSA) is 38.1 Å². The summed E-state index contributed by atoms with van der Waals surface area (Å²) in [6.45, 7) is 6.35. The molecule has 0 unspecified atom stereocenters. The monoisotopic (exact) mass is 305 g/mol. The minimum absolute atomic E-state index is 0.0825. The SMILES string of the molecule is CC(C)(C)S/N=C\c1nccnc1-c1ccc(Cl)cc1. The van der Waals surface area contributed by atoms with Crippen LogP contribution in [-0.2, 0) is 0 Å². The Morgan fingerprint density at radius 3 is 2.40 bits per heavy atom. The Balaban J connectivity index is 2.29. The van der Waals surface area contributed by atoms with Gasteiger partial charge in [0.15, 0.2) is 0 Å². The van der Waals surface area contributed by atoms with Crippen LogP contribution in [0.5, 0.6) is 0 Å². The van der Waals surface area contributed by atoms with Gasteiger partial charge in [-0.15, -0.1) is 0 Å². The number of halogens is 1. The normalized spacial score (nSPS) is 12.0. The summed E-state index contributed by atoms with van der Waals surface area (Å²) in [7, 11) is 0. The van der Waals surface area contributed by atoms with E-state index in [0.717, 1.165) is 17.0 Å². The average Bonchev–Trinajstić information content (AvgIpc) is 2.39. The van der Waals surface area contributed by atoms with Crippen molar-refractivity contribution in [2.75, 3.05) is 0 Å². The van der Waals surface area contributed by atoms with Gasteiger partial charge in [0.05, 0.1) is 11.9 Å². The van der Waals surface area contributed by atoms with Crippen LogP contribution in [0.4, 0.5) is 0 Å². The van der Waals surface area contributed by atoms with E-state index in [4.69, 9.17) is 11.6 Å². The van der Waals surface area contributed by atoms with Crippen molar-refractivity contribution in [2.45, 2.75) is 25.5 Å². The summed E-state index contributed by atoms with van der Waals surface area (Å²) in [6, 6.07) is 7.55. The Morgan fingerprint density at radius 2 is 1.75 bits per heavy atom. The third-order valence-electron chi connectivity index (χ3n) is 2.35. The first-order valence-corrected chi connectivity index (χ1v) is 7.39. The van der Waals surface area contributed by atoms with Crippen LogP contribution >= 0.6 is 23.5 Å². The maximum atomic E-state index is 5.91. The summed E-state index contributed by atoms with van der Waals surface area (Å²) in [5.74, 6) is 0. The van der Waals surface area contributed by atoms with Crippen molar-refractivity contribution in [3.63, 3.8) is 0 Å². The van der Waals surface area contributed by atoms with Crippen molar-refractivity contribution >= 4 is 29.8 Å². The largest absolute Gasteiger partial charge is 0.252 e. The minimum Gasteiger partial charge on any atom is -0.252 e. The van der Waals surface area contributed by atoms with Crippen molar-refractivity contribution in [3.8, 4) is 11.3 Å². The molecule has 0 bridgehead atoms. The lowest BCUT2D eigenvalue weighted by molar-refractivity contribution is 0.804. The summed E-state index contributed by atoms with van der Waals surface area (Å²) in [6.07, 6.45) is 5.10. The maximum absolute atomic E-state index is 5.91. The van der Waals surface area contributed by atoms with Gasteiger partial charge in [-0.2, -0.15) is 0 Å². The fraction of sp³-hybridized carbons (Fsp3) is 0.267. The molecule has 2 rings (SSSR count). The van der Waals surface area contributed by atoms with Crippen LogP contribution < -0.4 is 0 Å². The molecule has 104 valence electrons. The van der Waals surface area contributed by atoms with Crippen LogP contribution in [0, 0.1) is 0 Å². The zero-order valence-electron chi connectivity index (χ0n) is 11.7. The van der Waals surface area contributed by atoms with E-state index in [-0.39, 0.29) is 4.75 Å². The fourth-order valence-electron chi connectivity index (χ4n) is 1.51. The molecule has 0 amide bonds. The van der Waals surface area contributed by atoms with Gasteiger partial charge in [-0.25, -0.2) is 4.40 Å². The molecule has 1 heterocycles. The second-order valence-corrected chi connectivity index (χ2v) is 7.29. The molecule has 0 atom stereocenters. The number of rotatable bonds is 3. The van der Waals surface area contributed by atoms with Crippen LogP contribution in [0.1, 0.15) is 26.5 Å². The Kier molecular flexibility index (Phi) is 4.78. The molecule has 0 aliphatic heterocycles. The molecule has 0 saturated carbocycles. The lowest BCUT2D eigenvalue weighted by Gasteiger charge is -2.12. The zero-order valence-corrected chi connectivity index (χ0v) is 13.2. The fourth-order valence-corrected chi connectivity index (χ4v) is 2.10. The maximum Gasteiger partial charge on any atom is 0.108 e. The predicted molar refractivity (Wildman–Crippen MR) is 87.4 cm³/mol. The molecule has 0 aliphatic rings. The highest BCUT2D eigenvalue weighted by Gasteiger charge is 2.10. The number of hydrogen-bond acceptors (Lipinski definition) is 4. The third-order valence-corrected chi connectivity index (χ3v) is 3.36. The highest BCUT2D eigenvalue weighted by molar-refractivity contribution is 7.99. The molecule has 0 fully saturated rings. The second-order valence-electron chi connectivity index (χ2n) is 5.24. The lowest BCUT2D eigenvalue weighted by Crippen LogP contribution is -2.05. The molecule has 0 aliphatic carbocycles. The number of hydrogen-bond donors (Lipinski definition) is 0. The van der Waals surface area contributed by atoms with E-state index >= 15 is 0 Å². The Morgan fingerprint density at radius 1 is 1.10 bits per heavy atom. The number of benzene rings is 1. The molecule has 0 N–H and O–H groups in total. The van der Waals surface area contributed by atoms with E-state index in [0.29, 0.717) is 5.02 Å². The van der Waals surface area contributed by atoms with Crippen LogP contribution in [0.15, 0.2) is 41.1 Å². The molecule has 0 saturated heterocycles. The first-order valence-electron chi connectivity index (χ1n) is 6.24. The van der Waals surface area contributed by atoms with Gasteiger partial charge in [0, 0.05) is 27.7 Å². The van der Waals surface area contributed by atoms with E-state index in [1.54, 1.807) is 18.6 Å². The van der Waals surface area contributed by atoms with Gasteiger partial charge in [0.2, 0.25) is 0 Å². The molecule has 1 aromatic carbocycles. The van der Waals surface area contributed by atoms with Gasteiger partial charge >= 0.3 is 0 Å². The first-order chi connectivity index (χ1) is 9.46. The molecule has 2 aromatic rings. The van der Waals surface area contributed by atoms with Crippen LogP contribution in [0.2, 0.25) is 5.02 Å². The number of aromatic nitrogens is 2. The highest BCUT2D eigenvalue weighted by Crippen LogP contribution is 2.25. The van der Waals surface area contributed by atoms with Crippen molar-refractivity contribution < 1.29 is 0 Å². The Hall–Kier alpha value is -1.39. The quantitative estimate of drug-likeness (QED) is 0.611. The molecule has 1 aromatic heterocycles. The molecule has 3 nitrogen and oxygen atoms in total. The van der Waals surface area contributed by atoms with Crippen molar-refractivity contribution in [1.29, 1.82) is 0 Å². The standard InChI is InChI=1S/C15H16ClN3S/c1-15(2,3)20-19-10-13-14(18-9-8-17-13)11-4-6-12(16)7-5-11/h4-10H,1-3H3/b19-10-. The first kappa shape index (κ1) is 15.0. The molecule has 0 radical (unpaired) electrons. The third kappa shape index (κ3) is 4.32. The van der Waals surface area contributed by atoms with Crippen LogP contribution in [0.3, 0.4) is 0 Å². The van der Waals surface area contributed by atoms with Gasteiger partial charge in [-0.1, -0.05) is 23.7 Å². The summed E-state index contributed by atoms with van der Waals surface area (Å²) in [5.41, 5.74) is 2.54. The van der Waals surface area contributed by atoms with E-state index in [2.05, 4.69) is 35.1 Å². The molecular formula is C15H16ClN3S. The van der Waals surface area contributed by atoms with Gasteiger partial charge < -0.3 is 0 Å².